The molecule has 1 rings (SSSR count). The molecule has 0 bridgehead atoms. The van der Waals surface area contributed by atoms with Crippen molar-refractivity contribution >= 4 is 17.4 Å². The summed E-state index contributed by atoms with van der Waals surface area (Å²) in [4.78, 5) is 8.17. The quantitative estimate of drug-likeness (QED) is 0.760. The van der Waals surface area contributed by atoms with Gasteiger partial charge in [-0.15, -0.1) is 11.6 Å². The van der Waals surface area contributed by atoms with Crippen molar-refractivity contribution in [1.82, 2.24) is 9.97 Å². The van der Waals surface area contributed by atoms with Gasteiger partial charge in [0.25, 0.3) is 0 Å². The molecule has 0 atom stereocenters. The van der Waals surface area contributed by atoms with Crippen molar-refractivity contribution in [2.45, 2.75) is 26.7 Å². The predicted molar refractivity (Wildman–Crippen MR) is 64.3 cm³/mol. The van der Waals surface area contributed by atoms with Gasteiger partial charge in [0.2, 0.25) is 0 Å². The molecule has 1 N–H and O–H groups in total. The van der Waals surface area contributed by atoms with Gasteiger partial charge in [-0.05, 0) is 12.8 Å². The third-order valence-corrected chi connectivity index (χ3v) is 3.56. The molecule has 0 unspecified atom stereocenters. The SMILES string of the molecule is CCC(CC)(CCl)CNc1cnccn1. The second-order valence-corrected chi connectivity index (χ2v) is 4.05. The molecule has 0 amide bonds. The van der Waals surface area contributed by atoms with E-state index >= 15 is 0 Å². The molecular formula is C11H18ClN3. The lowest BCUT2D eigenvalue weighted by Crippen LogP contribution is -2.30. The molecule has 1 aromatic heterocycles. The van der Waals surface area contributed by atoms with Crippen LogP contribution in [0.4, 0.5) is 5.82 Å². The van der Waals surface area contributed by atoms with Crippen LogP contribution in [0.2, 0.25) is 0 Å². The molecule has 1 aromatic rings. The van der Waals surface area contributed by atoms with Crippen molar-refractivity contribution in [3.63, 3.8) is 0 Å². The summed E-state index contributed by atoms with van der Waals surface area (Å²) < 4.78 is 0. The maximum absolute atomic E-state index is 6.01. The largest absolute Gasteiger partial charge is 0.368 e. The predicted octanol–water partition coefficient (Wildman–Crippen LogP) is 2.93. The van der Waals surface area contributed by atoms with Crippen molar-refractivity contribution in [1.29, 1.82) is 0 Å². The molecular weight excluding hydrogens is 210 g/mol. The summed E-state index contributed by atoms with van der Waals surface area (Å²) in [7, 11) is 0. The minimum absolute atomic E-state index is 0.166. The van der Waals surface area contributed by atoms with E-state index in [0.29, 0.717) is 5.88 Å². The average Bonchev–Trinajstić information content (AvgIpc) is 2.33. The molecule has 0 spiro atoms. The fraction of sp³-hybridized carbons (Fsp3) is 0.636. The lowest BCUT2D eigenvalue weighted by molar-refractivity contribution is 0.326. The molecule has 0 aliphatic carbocycles. The maximum atomic E-state index is 6.01. The first-order valence-electron chi connectivity index (χ1n) is 5.32. The number of rotatable bonds is 6. The Kier molecular flexibility index (Phi) is 4.82. The van der Waals surface area contributed by atoms with Gasteiger partial charge in [-0.1, -0.05) is 13.8 Å². The summed E-state index contributed by atoms with van der Waals surface area (Å²) in [5.41, 5.74) is 0.166. The minimum atomic E-state index is 0.166. The number of aromatic nitrogens is 2. The smallest absolute Gasteiger partial charge is 0.144 e. The van der Waals surface area contributed by atoms with Crippen molar-refractivity contribution in [2.75, 3.05) is 17.7 Å². The fourth-order valence-electron chi connectivity index (χ4n) is 1.40. The molecule has 0 saturated carbocycles. The van der Waals surface area contributed by atoms with Gasteiger partial charge < -0.3 is 5.32 Å². The number of nitrogens with one attached hydrogen (secondary N) is 1. The molecule has 0 fully saturated rings. The first-order chi connectivity index (χ1) is 7.26. The molecule has 0 aliphatic heterocycles. The number of halogens is 1. The molecule has 15 heavy (non-hydrogen) atoms. The van der Waals surface area contributed by atoms with Gasteiger partial charge in [0.05, 0.1) is 6.20 Å². The van der Waals surface area contributed by atoms with Gasteiger partial charge in [0, 0.05) is 30.2 Å². The number of hydrogen-bond acceptors (Lipinski definition) is 3. The van der Waals surface area contributed by atoms with Gasteiger partial charge in [-0.25, -0.2) is 4.98 Å². The summed E-state index contributed by atoms with van der Waals surface area (Å²) >= 11 is 6.01. The number of nitrogens with zero attached hydrogens (tertiary/aromatic N) is 2. The normalized spacial score (nSPS) is 11.4. The first-order valence-corrected chi connectivity index (χ1v) is 5.85. The Bertz CT molecular complexity index is 264. The summed E-state index contributed by atoms with van der Waals surface area (Å²) in [5, 5.41) is 3.28. The van der Waals surface area contributed by atoms with E-state index in [0.717, 1.165) is 25.2 Å². The van der Waals surface area contributed by atoms with Crippen LogP contribution in [0.5, 0.6) is 0 Å². The van der Waals surface area contributed by atoms with Gasteiger partial charge >= 0.3 is 0 Å². The second-order valence-electron chi connectivity index (χ2n) is 3.78. The summed E-state index contributed by atoms with van der Waals surface area (Å²) in [6.07, 6.45) is 7.22. The van der Waals surface area contributed by atoms with E-state index in [1.807, 2.05) is 0 Å². The molecule has 4 heteroatoms. The van der Waals surface area contributed by atoms with Crippen LogP contribution >= 0.6 is 11.6 Å². The molecule has 0 radical (unpaired) electrons. The fourth-order valence-corrected chi connectivity index (χ4v) is 1.88. The summed E-state index contributed by atoms with van der Waals surface area (Å²) in [6.45, 7) is 5.19. The zero-order valence-electron chi connectivity index (χ0n) is 9.33. The van der Waals surface area contributed by atoms with Gasteiger partial charge in [-0.2, -0.15) is 0 Å². The standard InChI is InChI=1S/C11H18ClN3/c1-3-11(4-2,8-12)9-15-10-7-13-5-6-14-10/h5-7H,3-4,8-9H2,1-2H3,(H,14,15). The van der Waals surface area contributed by atoms with E-state index in [4.69, 9.17) is 11.6 Å². The van der Waals surface area contributed by atoms with Crippen molar-refractivity contribution in [3.8, 4) is 0 Å². The highest BCUT2D eigenvalue weighted by Crippen LogP contribution is 2.27. The zero-order valence-corrected chi connectivity index (χ0v) is 10.1. The van der Waals surface area contributed by atoms with Crippen LogP contribution < -0.4 is 5.32 Å². The third kappa shape index (κ3) is 3.34. The lowest BCUT2D eigenvalue weighted by Gasteiger charge is -2.29. The van der Waals surface area contributed by atoms with E-state index in [1.165, 1.54) is 0 Å². The summed E-state index contributed by atoms with van der Waals surface area (Å²) in [6, 6.07) is 0. The molecule has 0 aromatic carbocycles. The number of anilines is 1. The van der Waals surface area contributed by atoms with E-state index in [2.05, 4.69) is 29.1 Å². The van der Waals surface area contributed by atoms with Crippen LogP contribution in [0.1, 0.15) is 26.7 Å². The molecule has 0 saturated heterocycles. The van der Waals surface area contributed by atoms with E-state index in [-0.39, 0.29) is 5.41 Å². The average molecular weight is 228 g/mol. The Labute approximate surface area is 96.3 Å². The van der Waals surface area contributed by atoms with E-state index < -0.39 is 0 Å². The Morgan fingerprint density at radius 3 is 2.53 bits per heavy atom. The van der Waals surface area contributed by atoms with Gasteiger partial charge in [-0.3, -0.25) is 4.98 Å². The highest BCUT2D eigenvalue weighted by molar-refractivity contribution is 6.18. The number of alkyl halides is 1. The molecule has 3 nitrogen and oxygen atoms in total. The van der Waals surface area contributed by atoms with Crippen LogP contribution in [0.3, 0.4) is 0 Å². The molecule has 1 heterocycles. The zero-order chi connectivity index (χ0) is 11.1. The third-order valence-electron chi connectivity index (χ3n) is 2.99. The molecule has 0 aliphatic rings. The van der Waals surface area contributed by atoms with Crippen LogP contribution in [0, 0.1) is 5.41 Å². The van der Waals surface area contributed by atoms with Gasteiger partial charge in [0.15, 0.2) is 0 Å². The Morgan fingerprint density at radius 2 is 2.07 bits per heavy atom. The lowest BCUT2D eigenvalue weighted by atomic mass is 9.84. The van der Waals surface area contributed by atoms with Crippen molar-refractivity contribution in [3.05, 3.63) is 18.6 Å². The van der Waals surface area contributed by atoms with Crippen molar-refractivity contribution < 1.29 is 0 Å². The second kappa shape index (κ2) is 5.91. The Morgan fingerprint density at radius 1 is 1.33 bits per heavy atom. The van der Waals surface area contributed by atoms with Crippen LogP contribution in [-0.4, -0.2) is 22.4 Å². The number of hydrogen-bond donors (Lipinski definition) is 1. The van der Waals surface area contributed by atoms with Crippen molar-refractivity contribution in [2.24, 2.45) is 5.41 Å². The Hall–Kier alpha value is -0.830. The minimum Gasteiger partial charge on any atom is -0.368 e. The van der Waals surface area contributed by atoms with E-state index in [1.54, 1.807) is 18.6 Å². The monoisotopic (exact) mass is 227 g/mol. The van der Waals surface area contributed by atoms with Crippen LogP contribution in [-0.2, 0) is 0 Å². The summed E-state index contributed by atoms with van der Waals surface area (Å²) in [5.74, 6) is 1.49. The highest BCUT2D eigenvalue weighted by Gasteiger charge is 2.24. The molecule has 84 valence electrons. The topological polar surface area (TPSA) is 37.8 Å². The first kappa shape index (κ1) is 12.2. The maximum Gasteiger partial charge on any atom is 0.144 e. The Balaban J connectivity index is 2.54. The van der Waals surface area contributed by atoms with Crippen LogP contribution in [0.25, 0.3) is 0 Å². The van der Waals surface area contributed by atoms with E-state index in [9.17, 15) is 0 Å². The van der Waals surface area contributed by atoms with Crippen LogP contribution in [0.15, 0.2) is 18.6 Å². The highest BCUT2D eigenvalue weighted by atomic mass is 35.5. The van der Waals surface area contributed by atoms with Gasteiger partial charge in [0.1, 0.15) is 5.82 Å².